The van der Waals surface area contributed by atoms with Gasteiger partial charge in [-0.2, -0.15) is 0 Å². The Labute approximate surface area is 95.0 Å². The van der Waals surface area contributed by atoms with Crippen molar-refractivity contribution >= 4 is 0 Å². The highest BCUT2D eigenvalue weighted by molar-refractivity contribution is 4.86. The molecule has 1 rings (SSSR count). The number of hydrogen-bond donors (Lipinski definition) is 0. The van der Waals surface area contributed by atoms with Crippen LogP contribution in [0.25, 0.3) is 0 Å². The van der Waals surface area contributed by atoms with Gasteiger partial charge in [0.1, 0.15) is 0 Å². The lowest BCUT2D eigenvalue weighted by atomic mass is 9.89. The minimum Gasteiger partial charge on any atom is -0.381 e. The molecule has 0 aromatic heterocycles. The number of hydrogen-bond acceptors (Lipinski definition) is 2. The molecule has 0 aromatic carbocycles. The van der Waals surface area contributed by atoms with Crippen LogP contribution in [-0.4, -0.2) is 36.2 Å². The molecule has 0 heterocycles. The number of nitrogens with zero attached hydrogens (tertiary/aromatic N) is 1. The summed E-state index contributed by atoms with van der Waals surface area (Å²) in [7, 11) is 1.84. The Morgan fingerprint density at radius 1 is 1.13 bits per heavy atom. The van der Waals surface area contributed by atoms with Crippen LogP contribution in [0.5, 0.6) is 0 Å². The zero-order valence-corrected chi connectivity index (χ0v) is 11.0. The fraction of sp³-hybridized carbons (Fsp3) is 1.00. The van der Waals surface area contributed by atoms with Crippen molar-refractivity contribution in [1.29, 1.82) is 0 Å². The van der Waals surface area contributed by atoms with E-state index in [1.807, 2.05) is 7.11 Å². The molecule has 2 nitrogen and oxygen atoms in total. The monoisotopic (exact) mass is 213 g/mol. The van der Waals surface area contributed by atoms with Crippen LogP contribution in [-0.2, 0) is 4.74 Å². The summed E-state index contributed by atoms with van der Waals surface area (Å²) in [4.78, 5) is 2.64. The Balaban J connectivity index is 2.50. The smallest absolute Gasteiger partial charge is 0.0572 e. The summed E-state index contributed by atoms with van der Waals surface area (Å²) in [5.41, 5.74) is 0.305. The zero-order chi connectivity index (χ0) is 11.5. The molecule has 1 saturated carbocycles. The fourth-order valence-electron chi connectivity index (χ4n) is 2.87. The van der Waals surface area contributed by atoms with Crippen LogP contribution in [0.15, 0.2) is 0 Å². The van der Waals surface area contributed by atoms with Gasteiger partial charge in [0, 0.05) is 18.7 Å². The zero-order valence-electron chi connectivity index (χ0n) is 11.0. The average molecular weight is 213 g/mol. The number of ether oxygens (including phenoxy) is 1. The maximum atomic E-state index is 5.42. The topological polar surface area (TPSA) is 12.5 Å². The van der Waals surface area contributed by atoms with E-state index in [1.165, 1.54) is 25.7 Å². The second-order valence-electron chi connectivity index (χ2n) is 5.62. The van der Waals surface area contributed by atoms with Gasteiger partial charge in [-0.3, -0.25) is 4.90 Å². The highest BCUT2D eigenvalue weighted by Gasteiger charge is 2.30. The van der Waals surface area contributed by atoms with E-state index in [0.717, 1.165) is 12.6 Å². The average Bonchev–Trinajstić information content (AvgIpc) is 2.18. The molecule has 1 aliphatic rings. The van der Waals surface area contributed by atoms with Gasteiger partial charge in [0.25, 0.3) is 0 Å². The number of methoxy groups -OCH3 is 1. The van der Waals surface area contributed by atoms with Crippen LogP contribution in [0.1, 0.15) is 53.4 Å². The summed E-state index contributed by atoms with van der Waals surface area (Å²) in [6.45, 7) is 10.4. The Hall–Kier alpha value is -0.0800. The van der Waals surface area contributed by atoms with Crippen molar-refractivity contribution in [3.8, 4) is 0 Å². The summed E-state index contributed by atoms with van der Waals surface area (Å²) in [6.07, 6.45) is 5.56. The Bertz CT molecular complexity index is 177. The van der Waals surface area contributed by atoms with Crippen LogP contribution in [0.3, 0.4) is 0 Å². The first kappa shape index (κ1) is 13.0. The first-order valence-electron chi connectivity index (χ1n) is 6.28. The van der Waals surface area contributed by atoms with Crippen molar-refractivity contribution in [3.63, 3.8) is 0 Å². The van der Waals surface area contributed by atoms with Crippen molar-refractivity contribution in [1.82, 2.24) is 4.90 Å². The summed E-state index contributed by atoms with van der Waals surface area (Å²) >= 11 is 0. The molecule has 0 radical (unpaired) electrons. The third-order valence-corrected chi connectivity index (χ3v) is 3.62. The van der Waals surface area contributed by atoms with E-state index in [1.54, 1.807) is 0 Å². The highest BCUT2D eigenvalue weighted by atomic mass is 16.5. The van der Waals surface area contributed by atoms with Crippen LogP contribution < -0.4 is 0 Å². The molecule has 0 saturated heterocycles. The molecule has 0 amide bonds. The van der Waals surface area contributed by atoms with Gasteiger partial charge in [-0.05, 0) is 53.0 Å². The van der Waals surface area contributed by atoms with Crippen molar-refractivity contribution in [2.24, 2.45) is 0 Å². The Morgan fingerprint density at radius 2 is 1.67 bits per heavy atom. The van der Waals surface area contributed by atoms with Gasteiger partial charge in [-0.25, -0.2) is 0 Å². The van der Waals surface area contributed by atoms with Crippen LogP contribution in [0, 0.1) is 0 Å². The molecule has 90 valence electrons. The molecule has 1 aliphatic carbocycles. The number of rotatable bonds is 3. The van der Waals surface area contributed by atoms with Gasteiger partial charge in [0.2, 0.25) is 0 Å². The van der Waals surface area contributed by atoms with E-state index in [4.69, 9.17) is 4.74 Å². The fourth-order valence-corrected chi connectivity index (χ4v) is 2.87. The summed E-state index contributed by atoms with van der Waals surface area (Å²) in [6, 6.07) is 0.765. The lowest BCUT2D eigenvalue weighted by Gasteiger charge is -2.43. The second kappa shape index (κ2) is 5.31. The Kier molecular flexibility index (Phi) is 4.60. The van der Waals surface area contributed by atoms with Crippen LogP contribution in [0.4, 0.5) is 0 Å². The van der Waals surface area contributed by atoms with Gasteiger partial charge in [-0.1, -0.05) is 6.92 Å². The van der Waals surface area contributed by atoms with Gasteiger partial charge < -0.3 is 4.74 Å². The lowest BCUT2D eigenvalue weighted by Crippen LogP contribution is -2.49. The highest BCUT2D eigenvalue weighted by Crippen LogP contribution is 2.28. The molecule has 0 N–H and O–H groups in total. The maximum Gasteiger partial charge on any atom is 0.0572 e. The minimum atomic E-state index is 0.305. The largest absolute Gasteiger partial charge is 0.381 e. The van der Waals surface area contributed by atoms with E-state index < -0.39 is 0 Å². The second-order valence-corrected chi connectivity index (χ2v) is 5.62. The standard InChI is InChI=1S/C13H27NO/c1-6-14(13(2,3)4)11-7-9-12(15-5)10-8-11/h11-12H,6-10H2,1-5H3. The minimum absolute atomic E-state index is 0.305. The van der Waals surface area contributed by atoms with E-state index in [2.05, 4.69) is 32.6 Å². The first-order valence-corrected chi connectivity index (χ1v) is 6.28. The Morgan fingerprint density at radius 3 is 2.00 bits per heavy atom. The summed E-state index contributed by atoms with van der Waals surface area (Å²) in [5, 5.41) is 0. The molecule has 2 heteroatoms. The molecular weight excluding hydrogens is 186 g/mol. The molecule has 15 heavy (non-hydrogen) atoms. The third kappa shape index (κ3) is 3.46. The maximum absolute atomic E-state index is 5.42. The van der Waals surface area contributed by atoms with Crippen molar-refractivity contribution < 1.29 is 4.74 Å². The van der Waals surface area contributed by atoms with Gasteiger partial charge in [-0.15, -0.1) is 0 Å². The predicted octanol–water partition coefficient (Wildman–Crippen LogP) is 3.06. The molecule has 1 fully saturated rings. The molecule has 0 atom stereocenters. The van der Waals surface area contributed by atoms with Crippen LogP contribution in [0.2, 0.25) is 0 Å². The molecule has 0 bridgehead atoms. The van der Waals surface area contributed by atoms with Gasteiger partial charge in [0.05, 0.1) is 6.10 Å². The third-order valence-electron chi connectivity index (χ3n) is 3.62. The van der Waals surface area contributed by atoms with Gasteiger partial charge in [0.15, 0.2) is 0 Å². The quantitative estimate of drug-likeness (QED) is 0.714. The van der Waals surface area contributed by atoms with Crippen LogP contribution >= 0.6 is 0 Å². The lowest BCUT2D eigenvalue weighted by molar-refractivity contribution is 0.0119. The summed E-state index contributed by atoms with van der Waals surface area (Å²) in [5.74, 6) is 0. The SMILES string of the molecule is CCN(C1CCC(OC)CC1)C(C)(C)C. The predicted molar refractivity (Wildman–Crippen MR) is 65.2 cm³/mol. The van der Waals surface area contributed by atoms with Crippen molar-refractivity contribution in [2.45, 2.75) is 71.1 Å². The first-order chi connectivity index (χ1) is 6.99. The molecule has 0 unspecified atom stereocenters. The molecule has 0 aromatic rings. The van der Waals surface area contributed by atoms with E-state index in [-0.39, 0.29) is 0 Å². The summed E-state index contributed by atoms with van der Waals surface area (Å²) < 4.78 is 5.42. The molecule has 0 spiro atoms. The molecular formula is C13H27NO. The molecule has 0 aliphatic heterocycles. The van der Waals surface area contributed by atoms with E-state index in [9.17, 15) is 0 Å². The van der Waals surface area contributed by atoms with E-state index >= 15 is 0 Å². The van der Waals surface area contributed by atoms with Crippen molar-refractivity contribution in [3.05, 3.63) is 0 Å². The van der Waals surface area contributed by atoms with E-state index in [0.29, 0.717) is 11.6 Å². The van der Waals surface area contributed by atoms with Crippen molar-refractivity contribution in [2.75, 3.05) is 13.7 Å². The normalized spacial score (nSPS) is 28.4. The van der Waals surface area contributed by atoms with Gasteiger partial charge >= 0.3 is 0 Å².